The number of nitrogens with two attached hydrogens (primary N) is 2. The smallest absolute Gasteiger partial charge is 0.240 e. The first-order chi connectivity index (χ1) is 23.1. The van der Waals surface area contributed by atoms with Crippen LogP contribution in [0.5, 0.6) is 23.0 Å². The molecule has 2 heterocycles. The maximum atomic E-state index is 13.6. The van der Waals surface area contributed by atoms with E-state index >= 15 is 0 Å². The van der Waals surface area contributed by atoms with Gasteiger partial charge in [0, 0.05) is 23.1 Å². The predicted octanol–water partition coefficient (Wildman–Crippen LogP) is -0.675. The first-order valence-electron chi connectivity index (χ1n) is 15.9. The Kier molecular flexibility index (Phi) is 12.2. The van der Waals surface area contributed by atoms with E-state index in [1.54, 1.807) is 75.9 Å². The molecular formula is C33H46N6O10. The molecule has 0 saturated carbocycles. The second-order valence-corrected chi connectivity index (χ2v) is 12.3. The van der Waals surface area contributed by atoms with E-state index in [9.17, 15) is 24.3 Å². The van der Waals surface area contributed by atoms with Crippen molar-refractivity contribution in [3.8, 4) is 23.0 Å². The average molecular weight is 687 g/mol. The lowest BCUT2D eigenvalue weighted by molar-refractivity contribution is -0.126. The number of hydrogen-bond donors (Lipinski definition) is 6. The Morgan fingerprint density at radius 2 is 1.31 bits per heavy atom. The van der Waals surface area contributed by atoms with Crippen molar-refractivity contribution >= 4 is 23.4 Å². The Morgan fingerprint density at radius 3 is 1.94 bits per heavy atom. The molecule has 7 unspecified atom stereocenters. The highest BCUT2D eigenvalue weighted by molar-refractivity contribution is 6.01. The van der Waals surface area contributed by atoms with E-state index in [4.69, 9.17) is 35.5 Å². The number of amides is 2. The molecule has 0 saturated heterocycles. The molecule has 2 amide bonds. The number of rotatable bonds is 16. The van der Waals surface area contributed by atoms with Gasteiger partial charge in [-0.15, -0.1) is 0 Å². The molecule has 0 spiro atoms. The van der Waals surface area contributed by atoms with Crippen LogP contribution in [0, 0.1) is 0 Å². The van der Waals surface area contributed by atoms with Gasteiger partial charge < -0.3 is 51.3 Å². The Bertz CT molecular complexity index is 1560. The van der Waals surface area contributed by atoms with Crippen LogP contribution in [-0.2, 0) is 16.0 Å². The number of aliphatic hydroxyl groups is 2. The number of benzene rings is 2. The molecule has 4 rings (SSSR count). The highest BCUT2D eigenvalue weighted by Gasteiger charge is 2.32. The first kappa shape index (κ1) is 37.5. The van der Waals surface area contributed by atoms with Crippen LogP contribution in [-0.4, -0.2) is 120 Å². The van der Waals surface area contributed by atoms with Gasteiger partial charge in [0.1, 0.15) is 12.1 Å². The van der Waals surface area contributed by atoms with E-state index in [0.29, 0.717) is 34.1 Å². The molecule has 0 aromatic heterocycles. The Hall–Kier alpha value is -4.32. The summed E-state index contributed by atoms with van der Waals surface area (Å²) in [6.07, 6.45) is -2.75. The highest BCUT2D eigenvalue weighted by Crippen LogP contribution is 2.38. The molecule has 0 radical (unpaired) electrons. The van der Waals surface area contributed by atoms with Gasteiger partial charge in [-0.3, -0.25) is 29.0 Å². The monoisotopic (exact) mass is 686 g/mol. The number of fused-ring (bicyclic) bond motifs is 2. The van der Waals surface area contributed by atoms with Crippen molar-refractivity contribution in [1.29, 1.82) is 0 Å². The van der Waals surface area contributed by atoms with Gasteiger partial charge in [0.25, 0.3) is 0 Å². The summed E-state index contributed by atoms with van der Waals surface area (Å²) in [6, 6.07) is 4.22. The fourth-order valence-electron chi connectivity index (χ4n) is 5.38. The van der Waals surface area contributed by atoms with E-state index in [2.05, 4.69) is 10.6 Å². The molecule has 2 aliphatic heterocycles. The molecule has 49 heavy (non-hydrogen) atoms. The second kappa shape index (κ2) is 15.9. The average Bonchev–Trinajstić information content (AvgIpc) is 3.78. The predicted molar refractivity (Wildman–Crippen MR) is 176 cm³/mol. The minimum absolute atomic E-state index is 0.0894. The van der Waals surface area contributed by atoms with Gasteiger partial charge in [-0.2, -0.15) is 0 Å². The molecule has 0 fully saturated rings. The largest absolute Gasteiger partial charge is 0.454 e. The van der Waals surface area contributed by atoms with Gasteiger partial charge >= 0.3 is 0 Å². The zero-order valence-corrected chi connectivity index (χ0v) is 28.5. The number of ketones is 2. The van der Waals surface area contributed by atoms with Crippen LogP contribution in [0.25, 0.3) is 0 Å². The van der Waals surface area contributed by atoms with Crippen LogP contribution in [0.3, 0.4) is 0 Å². The molecule has 7 atom stereocenters. The van der Waals surface area contributed by atoms with Crippen LogP contribution in [0.2, 0.25) is 0 Å². The molecule has 0 bridgehead atoms. The number of likely N-dealkylation sites (N-methyl/N-ethyl adjacent to an activating group) is 2. The van der Waals surface area contributed by atoms with Crippen molar-refractivity contribution in [1.82, 2.24) is 20.4 Å². The van der Waals surface area contributed by atoms with Crippen molar-refractivity contribution in [2.45, 2.75) is 76.7 Å². The molecule has 0 aliphatic carbocycles. The molecule has 2 aromatic rings. The number of Topliss-reactive ketones (excluding diaryl/α,β-unsaturated/α-hetero) is 2. The molecule has 16 nitrogen and oxygen atoms in total. The van der Waals surface area contributed by atoms with Gasteiger partial charge in [0.15, 0.2) is 34.6 Å². The topological polar surface area (TPSA) is 228 Å². The van der Waals surface area contributed by atoms with Crippen molar-refractivity contribution in [3.05, 3.63) is 47.0 Å². The number of ether oxygens (including phenoxy) is 4. The third-order valence-electron chi connectivity index (χ3n) is 9.08. The lowest BCUT2D eigenvalue weighted by atomic mass is 9.95. The standard InChI is InChI=1S/C33H46N6O10/c1-16(29(42)20-7-8-25-26(11-20)47-14-46-25)38(5)19(4)37-33(45)28(35)24(41)10-22-9-21(12-27-31(22)49-15-48-27)30(43)17(2)39(6)18(3)36-32(44)23(34)13-40/h7-9,11-12,16-19,23-24,28,40-41H,10,13-15,34-35H2,1-6H3,(H,36,44)(H,37,45). The molecule has 2 aromatic carbocycles. The van der Waals surface area contributed by atoms with Crippen molar-refractivity contribution in [2.24, 2.45) is 11.5 Å². The zero-order valence-electron chi connectivity index (χ0n) is 28.5. The fraction of sp³-hybridized carbons (Fsp3) is 0.515. The summed E-state index contributed by atoms with van der Waals surface area (Å²) in [5, 5.41) is 25.6. The molecule has 8 N–H and O–H groups in total. The lowest BCUT2D eigenvalue weighted by Crippen LogP contribution is -2.56. The lowest BCUT2D eigenvalue weighted by Gasteiger charge is -2.31. The minimum Gasteiger partial charge on any atom is -0.454 e. The summed E-state index contributed by atoms with van der Waals surface area (Å²) in [5.41, 5.74) is 12.9. The Morgan fingerprint density at radius 1 is 0.776 bits per heavy atom. The second-order valence-electron chi connectivity index (χ2n) is 12.3. The third-order valence-corrected chi connectivity index (χ3v) is 9.08. The first-order valence-corrected chi connectivity index (χ1v) is 15.9. The summed E-state index contributed by atoms with van der Waals surface area (Å²) in [4.78, 5) is 55.3. The van der Waals surface area contributed by atoms with Crippen molar-refractivity contribution in [2.75, 3.05) is 34.3 Å². The van der Waals surface area contributed by atoms with E-state index < -0.39 is 61.0 Å². The van der Waals surface area contributed by atoms with Gasteiger partial charge in [-0.1, -0.05) is 0 Å². The minimum atomic E-state index is -1.38. The van der Waals surface area contributed by atoms with Crippen molar-refractivity contribution in [3.63, 3.8) is 0 Å². The summed E-state index contributed by atoms with van der Waals surface area (Å²) >= 11 is 0. The van der Waals surface area contributed by atoms with Gasteiger partial charge in [-0.25, -0.2) is 0 Å². The fourth-order valence-corrected chi connectivity index (χ4v) is 5.38. The van der Waals surface area contributed by atoms with E-state index in [-0.39, 0.29) is 37.1 Å². The highest BCUT2D eigenvalue weighted by atomic mass is 16.7. The summed E-state index contributed by atoms with van der Waals surface area (Å²) in [7, 11) is 3.34. The number of hydrogen-bond acceptors (Lipinski definition) is 14. The Labute approximate surface area is 284 Å². The maximum Gasteiger partial charge on any atom is 0.240 e. The summed E-state index contributed by atoms with van der Waals surface area (Å²) < 4.78 is 21.8. The van der Waals surface area contributed by atoms with Gasteiger partial charge in [0.05, 0.1) is 37.1 Å². The van der Waals surface area contributed by atoms with Gasteiger partial charge in [-0.05, 0) is 72.1 Å². The van der Waals surface area contributed by atoms with Crippen LogP contribution >= 0.6 is 0 Å². The number of nitrogens with one attached hydrogen (secondary N) is 2. The van der Waals surface area contributed by atoms with E-state index in [0.717, 1.165) is 0 Å². The van der Waals surface area contributed by atoms with Crippen molar-refractivity contribution < 1.29 is 48.3 Å². The summed E-state index contributed by atoms with van der Waals surface area (Å²) in [6.45, 7) is 6.22. The Balaban J connectivity index is 1.39. The summed E-state index contributed by atoms with van der Waals surface area (Å²) in [5.74, 6) is -0.0428. The number of carbonyl (C=O) groups is 4. The zero-order chi connectivity index (χ0) is 36.2. The number of aliphatic hydroxyl groups excluding tert-OH is 2. The normalized spacial score (nSPS) is 17.6. The quantitative estimate of drug-likeness (QED) is 0.0951. The van der Waals surface area contributed by atoms with E-state index in [1.807, 2.05) is 0 Å². The third kappa shape index (κ3) is 8.46. The number of nitrogens with zero attached hydrogens (tertiary/aromatic N) is 2. The SMILES string of the molecule is CC(NC(=O)C(N)CO)N(C)C(C)C(=O)c1cc(CC(O)C(N)C(=O)NC(C)N(C)C(C)C(=O)c2ccc3c(c2)OCO3)c2c(c1)OCO2. The van der Waals surface area contributed by atoms with Crippen LogP contribution < -0.4 is 41.0 Å². The maximum absolute atomic E-state index is 13.6. The van der Waals surface area contributed by atoms with Gasteiger partial charge in [0.2, 0.25) is 25.4 Å². The molecule has 2 aliphatic rings. The van der Waals surface area contributed by atoms with Crippen LogP contribution in [0.15, 0.2) is 30.3 Å². The van der Waals surface area contributed by atoms with Crippen LogP contribution in [0.1, 0.15) is 54.0 Å². The number of carbonyl (C=O) groups excluding carboxylic acids is 4. The molecule has 268 valence electrons. The molecule has 16 heteroatoms. The molecular weight excluding hydrogens is 640 g/mol. The van der Waals surface area contributed by atoms with E-state index in [1.165, 1.54) is 6.07 Å². The van der Waals surface area contributed by atoms with Crippen LogP contribution in [0.4, 0.5) is 0 Å².